The summed E-state index contributed by atoms with van der Waals surface area (Å²) in [6, 6.07) is 3.90. The van der Waals surface area contributed by atoms with Crippen LogP contribution in [0.2, 0.25) is 0 Å². The van der Waals surface area contributed by atoms with Gasteiger partial charge in [0.1, 0.15) is 6.10 Å². The number of aromatic nitrogens is 3. The smallest absolute Gasteiger partial charge is 0.257 e. The van der Waals surface area contributed by atoms with Gasteiger partial charge in [-0.25, -0.2) is 4.98 Å². The molecule has 1 atom stereocenters. The highest BCUT2D eigenvalue weighted by atomic mass is 16.5. The van der Waals surface area contributed by atoms with Crippen molar-refractivity contribution < 1.29 is 9.53 Å². The van der Waals surface area contributed by atoms with Gasteiger partial charge in [0.2, 0.25) is 0 Å². The van der Waals surface area contributed by atoms with Crippen molar-refractivity contribution >= 4 is 11.7 Å². The van der Waals surface area contributed by atoms with Gasteiger partial charge in [0.05, 0.1) is 17.8 Å². The Kier molecular flexibility index (Phi) is 5.01. The van der Waals surface area contributed by atoms with Crippen LogP contribution in [0.15, 0.2) is 24.5 Å². The summed E-state index contributed by atoms with van der Waals surface area (Å²) >= 11 is 0. The number of rotatable bonds is 5. The molecule has 2 aromatic heterocycles. The van der Waals surface area contributed by atoms with Crippen LogP contribution in [0.3, 0.4) is 0 Å². The van der Waals surface area contributed by atoms with Crippen molar-refractivity contribution in [3.05, 3.63) is 35.8 Å². The number of pyridine rings is 1. The molecule has 0 bridgehead atoms. The molecule has 27 heavy (non-hydrogen) atoms. The fourth-order valence-corrected chi connectivity index (χ4v) is 3.97. The summed E-state index contributed by atoms with van der Waals surface area (Å²) in [7, 11) is 1.86. The van der Waals surface area contributed by atoms with Crippen LogP contribution in [-0.4, -0.2) is 57.9 Å². The maximum Gasteiger partial charge on any atom is 0.257 e. The third-order valence-corrected chi connectivity index (χ3v) is 5.35. The second-order valence-electron chi connectivity index (χ2n) is 7.32. The molecule has 1 amide bonds. The molecule has 2 aliphatic rings. The molecule has 0 N–H and O–H groups in total. The van der Waals surface area contributed by atoms with Crippen molar-refractivity contribution in [3.8, 4) is 5.75 Å². The highest BCUT2D eigenvalue weighted by molar-refractivity contribution is 5.95. The minimum absolute atomic E-state index is 0.00116. The normalized spacial score (nSPS) is 19.7. The number of carbonyl (C=O) groups excluding carboxylic acids is 1. The summed E-state index contributed by atoms with van der Waals surface area (Å²) in [6.45, 7) is 5.40. The van der Waals surface area contributed by atoms with E-state index in [0.717, 1.165) is 43.2 Å². The number of amides is 1. The molecule has 0 radical (unpaired) electrons. The van der Waals surface area contributed by atoms with Gasteiger partial charge in [-0.2, -0.15) is 5.10 Å². The van der Waals surface area contributed by atoms with E-state index in [0.29, 0.717) is 18.7 Å². The number of nitrogens with zero attached hydrogens (tertiary/aromatic N) is 5. The second kappa shape index (κ2) is 7.58. The van der Waals surface area contributed by atoms with E-state index >= 15 is 0 Å². The minimum atomic E-state index is 0.00116. The van der Waals surface area contributed by atoms with Crippen molar-refractivity contribution in [2.24, 2.45) is 7.05 Å². The van der Waals surface area contributed by atoms with E-state index in [1.165, 1.54) is 12.8 Å². The molecule has 2 saturated heterocycles. The first-order valence-corrected chi connectivity index (χ1v) is 9.84. The molecule has 0 aliphatic carbocycles. The standard InChI is InChI=1S/C20H27N5O2/c1-3-17-16(14-23(2)22-17)20(26)25-12-8-15(13-25)27-18-7-6-9-21-19(18)24-10-4-5-11-24/h6-7,9,14-15H,3-5,8,10-13H2,1-2H3/t15-/m0/s1. The van der Waals surface area contributed by atoms with E-state index in [1.807, 2.05) is 43.4 Å². The summed E-state index contributed by atoms with van der Waals surface area (Å²) in [6.07, 6.45) is 7.63. The number of likely N-dealkylation sites (tertiary alicyclic amines) is 1. The Hall–Kier alpha value is -2.57. The number of hydrogen-bond donors (Lipinski definition) is 0. The van der Waals surface area contributed by atoms with Gasteiger partial charge in [-0.3, -0.25) is 9.48 Å². The molecule has 0 spiro atoms. The van der Waals surface area contributed by atoms with Crippen LogP contribution in [0.1, 0.15) is 42.2 Å². The lowest BCUT2D eigenvalue weighted by atomic mass is 10.2. The van der Waals surface area contributed by atoms with Gasteiger partial charge >= 0.3 is 0 Å². The summed E-state index contributed by atoms with van der Waals surface area (Å²) in [5.74, 6) is 1.81. The average molecular weight is 369 g/mol. The molecule has 0 saturated carbocycles. The first-order chi connectivity index (χ1) is 13.2. The van der Waals surface area contributed by atoms with E-state index in [-0.39, 0.29) is 12.0 Å². The predicted octanol–water partition coefficient (Wildman–Crippen LogP) is 2.27. The summed E-state index contributed by atoms with van der Waals surface area (Å²) in [4.78, 5) is 21.6. The van der Waals surface area contributed by atoms with Crippen LogP contribution in [0.4, 0.5) is 5.82 Å². The Labute approximate surface area is 159 Å². The van der Waals surface area contributed by atoms with Crippen LogP contribution in [0.25, 0.3) is 0 Å². The number of carbonyl (C=O) groups is 1. The van der Waals surface area contributed by atoms with E-state index < -0.39 is 0 Å². The lowest BCUT2D eigenvalue weighted by Crippen LogP contribution is -2.31. The monoisotopic (exact) mass is 369 g/mol. The fourth-order valence-electron chi connectivity index (χ4n) is 3.97. The summed E-state index contributed by atoms with van der Waals surface area (Å²) in [5, 5.41) is 4.39. The average Bonchev–Trinajstić information content (AvgIpc) is 3.42. The molecule has 144 valence electrons. The molecular weight excluding hydrogens is 342 g/mol. The van der Waals surface area contributed by atoms with Gasteiger partial charge in [-0.15, -0.1) is 0 Å². The van der Waals surface area contributed by atoms with Crippen LogP contribution in [0.5, 0.6) is 5.75 Å². The zero-order chi connectivity index (χ0) is 18.8. The van der Waals surface area contributed by atoms with E-state index in [9.17, 15) is 4.79 Å². The van der Waals surface area contributed by atoms with Gasteiger partial charge in [0.15, 0.2) is 11.6 Å². The molecule has 0 unspecified atom stereocenters. The number of aryl methyl sites for hydroxylation is 2. The Bertz CT molecular complexity index is 812. The van der Waals surface area contributed by atoms with Crippen molar-refractivity contribution in [1.29, 1.82) is 0 Å². The maximum atomic E-state index is 12.9. The molecule has 4 rings (SSSR count). The zero-order valence-corrected chi connectivity index (χ0v) is 16.1. The third kappa shape index (κ3) is 3.63. The molecule has 4 heterocycles. The van der Waals surface area contributed by atoms with Crippen molar-refractivity contribution in [2.75, 3.05) is 31.1 Å². The fraction of sp³-hybridized carbons (Fsp3) is 0.550. The summed E-state index contributed by atoms with van der Waals surface area (Å²) < 4.78 is 7.99. The Morgan fingerprint density at radius 2 is 2.11 bits per heavy atom. The van der Waals surface area contributed by atoms with Crippen LogP contribution < -0.4 is 9.64 Å². The van der Waals surface area contributed by atoms with E-state index in [1.54, 1.807) is 4.68 Å². The first-order valence-electron chi connectivity index (χ1n) is 9.84. The van der Waals surface area contributed by atoms with Crippen molar-refractivity contribution in [2.45, 2.75) is 38.7 Å². The molecule has 7 nitrogen and oxygen atoms in total. The minimum Gasteiger partial charge on any atom is -0.485 e. The molecule has 2 aliphatic heterocycles. The van der Waals surface area contributed by atoms with Gasteiger partial charge < -0.3 is 14.5 Å². The lowest BCUT2D eigenvalue weighted by molar-refractivity contribution is 0.0771. The van der Waals surface area contributed by atoms with Crippen LogP contribution in [0, 0.1) is 0 Å². The predicted molar refractivity (Wildman–Crippen MR) is 103 cm³/mol. The second-order valence-corrected chi connectivity index (χ2v) is 7.32. The van der Waals surface area contributed by atoms with Gasteiger partial charge in [-0.1, -0.05) is 6.92 Å². The zero-order valence-electron chi connectivity index (χ0n) is 16.1. The largest absolute Gasteiger partial charge is 0.485 e. The van der Waals surface area contributed by atoms with Crippen LogP contribution in [-0.2, 0) is 13.5 Å². The third-order valence-electron chi connectivity index (χ3n) is 5.35. The quantitative estimate of drug-likeness (QED) is 0.809. The highest BCUT2D eigenvalue weighted by Crippen LogP contribution is 2.30. The molecule has 2 aromatic rings. The topological polar surface area (TPSA) is 63.5 Å². The molecule has 7 heteroatoms. The molecular formula is C20H27N5O2. The summed E-state index contributed by atoms with van der Waals surface area (Å²) in [5.41, 5.74) is 1.57. The highest BCUT2D eigenvalue weighted by Gasteiger charge is 2.31. The maximum absolute atomic E-state index is 12.9. The Morgan fingerprint density at radius 3 is 2.89 bits per heavy atom. The molecule has 2 fully saturated rings. The lowest BCUT2D eigenvalue weighted by Gasteiger charge is -2.22. The Balaban J connectivity index is 1.44. The first kappa shape index (κ1) is 17.8. The number of ether oxygens (including phenoxy) is 1. The van der Waals surface area contributed by atoms with E-state index in [2.05, 4.69) is 15.0 Å². The van der Waals surface area contributed by atoms with E-state index in [4.69, 9.17) is 4.74 Å². The van der Waals surface area contributed by atoms with Crippen LogP contribution >= 0.6 is 0 Å². The van der Waals surface area contributed by atoms with Crippen molar-refractivity contribution in [3.63, 3.8) is 0 Å². The van der Waals surface area contributed by atoms with Crippen molar-refractivity contribution in [1.82, 2.24) is 19.7 Å². The number of hydrogen-bond acceptors (Lipinski definition) is 5. The Morgan fingerprint density at radius 1 is 1.30 bits per heavy atom. The SMILES string of the molecule is CCc1nn(C)cc1C(=O)N1CC[C@H](Oc2cccnc2N2CCCC2)C1. The van der Waals surface area contributed by atoms with Gasteiger partial charge in [0, 0.05) is 45.5 Å². The molecule has 0 aromatic carbocycles. The van der Waals surface area contributed by atoms with Gasteiger partial charge in [0.25, 0.3) is 5.91 Å². The number of anilines is 1. The van der Waals surface area contributed by atoms with Gasteiger partial charge in [-0.05, 0) is 31.4 Å².